The molecule has 2 unspecified atom stereocenters. The molecule has 1 heterocycles. The molecule has 5 nitrogen and oxygen atoms in total. The Kier molecular flexibility index (Phi) is 4.98. The summed E-state index contributed by atoms with van der Waals surface area (Å²) < 4.78 is 5.39. The van der Waals surface area contributed by atoms with Gasteiger partial charge in [0.05, 0.1) is 19.3 Å². The first-order valence-corrected chi connectivity index (χ1v) is 7.01. The van der Waals surface area contributed by atoms with Crippen LogP contribution in [0, 0.1) is 0 Å². The fourth-order valence-corrected chi connectivity index (χ4v) is 2.42. The molecule has 0 aliphatic carbocycles. The number of aliphatic hydroxyl groups excluding tert-OH is 1. The van der Waals surface area contributed by atoms with E-state index in [0.717, 1.165) is 11.3 Å². The summed E-state index contributed by atoms with van der Waals surface area (Å²) in [5.74, 6) is -0.0395. The number of anilines is 1. The van der Waals surface area contributed by atoms with Gasteiger partial charge in [0, 0.05) is 19.3 Å². The van der Waals surface area contributed by atoms with Crippen molar-refractivity contribution in [3.05, 3.63) is 29.8 Å². The number of ether oxygens (including phenoxy) is 1. The molecule has 0 radical (unpaired) electrons. The van der Waals surface area contributed by atoms with Gasteiger partial charge in [-0.2, -0.15) is 0 Å². The van der Waals surface area contributed by atoms with Crippen LogP contribution < -0.4 is 10.2 Å². The third kappa shape index (κ3) is 3.11. The highest BCUT2D eigenvalue weighted by Gasteiger charge is 2.28. The third-order valence-corrected chi connectivity index (χ3v) is 3.67. The maximum atomic E-state index is 11.9. The lowest BCUT2D eigenvalue weighted by molar-refractivity contribution is -0.124. The number of aliphatic hydroxyl groups is 1. The van der Waals surface area contributed by atoms with Crippen molar-refractivity contribution >= 4 is 11.6 Å². The van der Waals surface area contributed by atoms with Gasteiger partial charge >= 0.3 is 0 Å². The maximum Gasteiger partial charge on any atom is 0.244 e. The van der Waals surface area contributed by atoms with Gasteiger partial charge in [0.2, 0.25) is 5.91 Å². The first-order chi connectivity index (χ1) is 9.67. The number of carbonyl (C=O) groups is 1. The van der Waals surface area contributed by atoms with Crippen LogP contribution in [0.5, 0.6) is 0 Å². The zero-order valence-electron chi connectivity index (χ0n) is 12.0. The lowest BCUT2D eigenvalue weighted by Crippen LogP contribution is -2.53. The molecule has 5 heteroatoms. The number of morpholine rings is 1. The van der Waals surface area contributed by atoms with Gasteiger partial charge in [0.1, 0.15) is 6.04 Å². The fraction of sp³-hybridized carbons (Fsp3) is 0.533. The van der Waals surface area contributed by atoms with Crippen molar-refractivity contribution in [3.63, 3.8) is 0 Å². The average molecular weight is 278 g/mol. The number of rotatable bonds is 4. The Morgan fingerprint density at radius 1 is 1.50 bits per heavy atom. The Morgan fingerprint density at radius 3 is 2.80 bits per heavy atom. The summed E-state index contributed by atoms with van der Waals surface area (Å²) >= 11 is 0. The zero-order valence-corrected chi connectivity index (χ0v) is 12.0. The number of carbonyl (C=O) groups excluding carboxylic acids is 1. The number of benzene rings is 1. The predicted octanol–water partition coefficient (Wildman–Crippen LogP) is 1.08. The second-order valence-corrected chi connectivity index (χ2v) is 4.91. The number of hydrogen-bond donors (Lipinski definition) is 2. The number of amides is 1. The highest BCUT2D eigenvalue weighted by atomic mass is 16.5. The Morgan fingerprint density at radius 2 is 2.20 bits per heavy atom. The standard InChI is InChI=1S/C15H22N2O3/c1-3-14(18)11-4-6-12(7-5-11)17-8-9-20-10-13(17)15(19)16-2/h4-7,13-14,18H,3,8-10H2,1-2H3,(H,16,19). The van der Waals surface area contributed by atoms with E-state index in [1.54, 1.807) is 7.05 Å². The van der Waals surface area contributed by atoms with E-state index in [4.69, 9.17) is 4.74 Å². The van der Waals surface area contributed by atoms with Gasteiger partial charge < -0.3 is 20.1 Å². The van der Waals surface area contributed by atoms with Crippen LogP contribution in [0.15, 0.2) is 24.3 Å². The molecule has 110 valence electrons. The Balaban J connectivity index is 2.17. The second-order valence-electron chi connectivity index (χ2n) is 4.91. The molecule has 1 aromatic rings. The molecule has 0 spiro atoms. The van der Waals surface area contributed by atoms with Crippen molar-refractivity contribution in [1.29, 1.82) is 0 Å². The highest BCUT2D eigenvalue weighted by molar-refractivity contribution is 5.85. The number of nitrogens with zero attached hydrogens (tertiary/aromatic N) is 1. The van der Waals surface area contributed by atoms with Crippen molar-refractivity contribution in [3.8, 4) is 0 Å². The van der Waals surface area contributed by atoms with Crippen LogP contribution in [0.25, 0.3) is 0 Å². The summed E-state index contributed by atoms with van der Waals surface area (Å²) in [7, 11) is 1.63. The van der Waals surface area contributed by atoms with Crippen molar-refractivity contribution in [2.24, 2.45) is 0 Å². The lowest BCUT2D eigenvalue weighted by Gasteiger charge is -2.36. The van der Waals surface area contributed by atoms with E-state index in [2.05, 4.69) is 5.32 Å². The molecular weight excluding hydrogens is 256 g/mol. The quantitative estimate of drug-likeness (QED) is 0.865. The van der Waals surface area contributed by atoms with Crippen LogP contribution in [0.3, 0.4) is 0 Å². The largest absolute Gasteiger partial charge is 0.388 e. The molecule has 1 aliphatic rings. The van der Waals surface area contributed by atoms with Gasteiger partial charge in [-0.1, -0.05) is 19.1 Å². The first kappa shape index (κ1) is 14.8. The van der Waals surface area contributed by atoms with E-state index in [1.165, 1.54) is 0 Å². The summed E-state index contributed by atoms with van der Waals surface area (Å²) in [6.07, 6.45) is 0.265. The molecule has 0 saturated carbocycles. The Hall–Kier alpha value is -1.59. The minimum atomic E-state index is -0.427. The van der Waals surface area contributed by atoms with E-state index in [-0.39, 0.29) is 11.9 Å². The molecular formula is C15H22N2O3. The molecule has 1 saturated heterocycles. The molecule has 2 atom stereocenters. The van der Waals surface area contributed by atoms with Crippen molar-refractivity contribution in [2.75, 3.05) is 31.7 Å². The Labute approximate surface area is 119 Å². The molecule has 0 bridgehead atoms. The van der Waals surface area contributed by atoms with Gasteiger partial charge in [0.25, 0.3) is 0 Å². The van der Waals surface area contributed by atoms with Crippen LogP contribution >= 0.6 is 0 Å². The molecule has 20 heavy (non-hydrogen) atoms. The second kappa shape index (κ2) is 6.72. The fourth-order valence-electron chi connectivity index (χ4n) is 2.42. The summed E-state index contributed by atoms with van der Waals surface area (Å²) in [6, 6.07) is 7.45. The topological polar surface area (TPSA) is 61.8 Å². The summed E-state index contributed by atoms with van der Waals surface area (Å²) in [5.41, 5.74) is 1.88. The number of hydrogen-bond acceptors (Lipinski definition) is 4. The van der Waals surface area contributed by atoms with Crippen molar-refractivity contribution in [2.45, 2.75) is 25.5 Å². The highest BCUT2D eigenvalue weighted by Crippen LogP contribution is 2.23. The van der Waals surface area contributed by atoms with E-state index in [1.807, 2.05) is 36.1 Å². The van der Waals surface area contributed by atoms with Gasteiger partial charge in [-0.25, -0.2) is 0 Å². The molecule has 2 N–H and O–H groups in total. The zero-order chi connectivity index (χ0) is 14.5. The molecule has 0 aromatic heterocycles. The van der Waals surface area contributed by atoms with Crippen LogP contribution in [0.2, 0.25) is 0 Å². The number of nitrogens with one attached hydrogen (secondary N) is 1. The minimum absolute atomic E-state index is 0.0395. The molecule has 1 aliphatic heterocycles. The van der Waals surface area contributed by atoms with E-state index >= 15 is 0 Å². The first-order valence-electron chi connectivity index (χ1n) is 7.01. The molecule has 1 amide bonds. The summed E-state index contributed by atoms with van der Waals surface area (Å²) in [6.45, 7) is 3.65. The third-order valence-electron chi connectivity index (χ3n) is 3.67. The van der Waals surface area contributed by atoms with Crippen molar-refractivity contribution < 1.29 is 14.6 Å². The van der Waals surface area contributed by atoms with Crippen LogP contribution in [-0.2, 0) is 9.53 Å². The smallest absolute Gasteiger partial charge is 0.244 e. The summed E-state index contributed by atoms with van der Waals surface area (Å²) in [5, 5.41) is 12.5. The lowest BCUT2D eigenvalue weighted by atomic mass is 10.1. The van der Waals surface area contributed by atoms with Crippen LogP contribution in [-0.4, -0.2) is 43.9 Å². The minimum Gasteiger partial charge on any atom is -0.388 e. The maximum absolute atomic E-state index is 11.9. The van der Waals surface area contributed by atoms with Crippen molar-refractivity contribution in [1.82, 2.24) is 5.32 Å². The van der Waals surface area contributed by atoms with Gasteiger partial charge in [0.15, 0.2) is 0 Å². The Bertz CT molecular complexity index is 447. The van der Waals surface area contributed by atoms with E-state index in [9.17, 15) is 9.90 Å². The molecule has 1 aromatic carbocycles. The molecule has 2 rings (SSSR count). The van der Waals surface area contributed by atoms with Gasteiger partial charge in [-0.15, -0.1) is 0 Å². The predicted molar refractivity (Wildman–Crippen MR) is 77.7 cm³/mol. The number of likely N-dealkylation sites (N-methyl/N-ethyl adjacent to an activating group) is 1. The SMILES string of the molecule is CCC(O)c1ccc(N2CCOCC2C(=O)NC)cc1. The van der Waals surface area contributed by atoms with E-state index in [0.29, 0.717) is 26.2 Å². The monoisotopic (exact) mass is 278 g/mol. The van der Waals surface area contributed by atoms with Gasteiger partial charge in [-0.05, 0) is 24.1 Å². The van der Waals surface area contributed by atoms with Crippen LogP contribution in [0.1, 0.15) is 25.0 Å². The van der Waals surface area contributed by atoms with E-state index < -0.39 is 6.10 Å². The van der Waals surface area contributed by atoms with Gasteiger partial charge in [-0.3, -0.25) is 4.79 Å². The normalized spacial score (nSPS) is 20.6. The molecule has 1 fully saturated rings. The average Bonchev–Trinajstić information content (AvgIpc) is 2.53. The van der Waals surface area contributed by atoms with Crippen LogP contribution in [0.4, 0.5) is 5.69 Å². The summed E-state index contributed by atoms with van der Waals surface area (Å²) in [4.78, 5) is 13.9.